The predicted molar refractivity (Wildman–Crippen MR) is 126 cm³/mol. The van der Waals surface area contributed by atoms with E-state index in [1.54, 1.807) is 19.1 Å². The van der Waals surface area contributed by atoms with Gasteiger partial charge in [-0.2, -0.15) is 0 Å². The van der Waals surface area contributed by atoms with E-state index in [0.29, 0.717) is 27.9 Å². The van der Waals surface area contributed by atoms with Crippen LogP contribution in [0.5, 0.6) is 0 Å². The van der Waals surface area contributed by atoms with E-state index in [1.807, 2.05) is 89.5 Å². The molecule has 156 valence electrons. The molecule has 32 heavy (non-hydrogen) atoms. The summed E-state index contributed by atoms with van der Waals surface area (Å²) >= 11 is 0. The molecule has 0 unspecified atom stereocenters. The van der Waals surface area contributed by atoms with E-state index in [9.17, 15) is 9.59 Å². The highest BCUT2D eigenvalue weighted by atomic mass is 16.5. The first-order valence-corrected chi connectivity index (χ1v) is 10.6. The quantitative estimate of drug-likeness (QED) is 0.253. The standard InChI is InChI=1S/C28H21NO3/c1-2-32-28(31)24-23(20-12-5-3-6-13-20)26(27(30)21-14-7-4-8-15-21)29-18-17-19-11-9-10-16-22(19)25(24)29/h3-18H,2H2,1H3. The number of rotatable bonds is 5. The summed E-state index contributed by atoms with van der Waals surface area (Å²) in [6, 6.07) is 28.5. The zero-order valence-corrected chi connectivity index (χ0v) is 17.6. The number of pyridine rings is 1. The van der Waals surface area contributed by atoms with E-state index >= 15 is 0 Å². The van der Waals surface area contributed by atoms with Gasteiger partial charge in [-0.3, -0.25) is 4.79 Å². The Morgan fingerprint density at radius 1 is 0.812 bits per heavy atom. The number of nitrogens with zero attached hydrogens (tertiary/aromatic N) is 1. The molecule has 0 spiro atoms. The molecular formula is C28H21NO3. The minimum atomic E-state index is -0.438. The van der Waals surface area contributed by atoms with Crippen molar-refractivity contribution in [1.29, 1.82) is 0 Å². The monoisotopic (exact) mass is 419 g/mol. The molecule has 0 saturated carbocycles. The molecule has 0 saturated heterocycles. The first-order valence-electron chi connectivity index (χ1n) is 10.6. The fourth-order valence-corrected chi connectivity index (χ4v) is 4.25. The molecule has 0 bridgehead atoms. The minimum absolute atomic E-state index is 0.148. The third-order valence-electron chi connectivity index (χ3n) is 5.62. The second kappa shape index (κ2) is 8.16. The number of hydrogen-bond donors (Lipinski definition) is 0. The van der Waals surface area contributed by atoms with Gasteiger partial charge in [0.1, 0.15) is 5.69 Å². The highest BCUT2D eigenvalue weighted by molar-refractivity contribution is 6.21. The van der Waals surface area contributed by atoms with Gasteiger partial charge in [0.2, 0.25) is 5.78 Å². The van der Waals surface area contributed by atoms with Crippen LogP contribution in [0, 0.1) is 0 Å². The molecule has 0 radical (unpaired) electrons. The lowest BCUT2D eigenvalue weighted by atomic mass is 9.96. The van der Waals surface area contributed by atoms with Crippen LogP contribution in [0.25, 0.3) is 27.4 Å². The van der Waals surface area contributed by atoms with Gasteiger partial charge in [0, 0.05) is 22.7 Å². The molecule has 0 amide bonds. The largest absolute Gasteiger partial charge is 0.462 e. The fraction of sp³-hybridized carbons (Fsp3) is 0.0714. The van der Waals surface area contributed by atoms with E-state index in [-0.39, 0.29) is 12.4 Å². The van der Waals surface area contributed by atoms with Gasteiger partial charge in [0.15, 0.2) is 0 Å². The SMILES string of the molecule is CCOC(=O)c1c(-c2ccccc2)c(C(=O)c2ccccc2)n2ccc3ccccc3c12. The first-order chi connectivity index (χ1) is 15.7. The third kappa shape index (κ3) is 3.17. The number of ketones is 1. The normalized spacial score (nSPS) is 11.0. The lowest BCUT2D eigenvalue weighted by Gasteiger charge is -2.08. The smallest absolute Gasteiger partial charge is 0.341 e. The number of carbonyl (C=O) groups excluding carboxylic acids is 2. The Labute approximate surface area is 185 Å². The molecule has 2 aromatic heterocycles. The molecule has 5 aromatic rings. The number of benzene rings is 3. The summed E-state index contributed by atoms with van der Waals surface area (Å²) in [5, 5.41) is 1.88. The Hall–Kier alpha value is -4.18. The van der Waals surface area contributed by atoms with Gasteiger partial charge in [0.05, 0.1) is 17.7 Å². The molecule has 2 heterocycles. The Kier molecular flexibility index (Phi) is 5.04. The summed E-state index contributed by atoms with van der Waals surface area (Å²) in [6.45, 7) is 2.03. The maximum Gasteiger partial charge on any atom is 0.341 e. The van der Waals surface area contributed by atoms with Gasteiger partial charge in [-0.25, -0.2) is 4.79 Å². The second-order valence-corrected chi connectivity index (χ2v) is 7.50. The van der Waals surface area contributed by atoms with Crippen LogP contribution < -0.4 is 0 Å². The van der Waals surface area contributed by atoms with Gasteiger partial charge >= 0.3 is 5.97 Å². The first kappa shape index (κ1) is 19.8. The van der Waals surface area contributed by atoms with Crippen molar-refractivity contribution < 1.29 is 14.3 Å². The van der Waals surface area contributed by atoms with Crippen molar-refractivity contribution in [1.82, 2.24) is 4.40 Å². The molecule has 5 rings (SSSR count). The van der Waals surface area contributed by atoms with Crippen LogP contribution in [-0.2, 0) is 4.74 Å². The van der Waals surface area contributed by atoms with Crippen molar-refractivity contribution in [3.63, 3.8) is 0 Å². The minimum Gasteiger partial charge on any atom is -0.462 e. The summed E-state index contributed by atoms with van der Waals surface area (Å²) in [4.78, 5) is 27.1. The van der Waals surface area contributed by atoms with Gasteiger partial charge in [-0.1, -0.05) is 84.9 Å². The number of ether oxygens (including phenoxy) is 1. The Balaban J connectivity index is 1.97. The van der Waals surface area contributed by atoms with Crippen molar-refractivity contribution in [3.05, 3.63) is 114 Å². The summed E-state index contributed by atoms with van der Waals surface area (Å²) in [5.41, 5.74) is 3.49. The summed E-state index contributed by atoms with van der Waals surface area (Å²) in [7, 11) is 0. The average Bonchev–Trinajstić information content (AvgIpc) is 3.20. The van der Waals surface area contributed by atoms with E-state index < -0.39 is 5.97 Å². The molecule has 4 nitrogen and oxygen atoms in total. The zero-order chi connectivity index (χ0) is 22.1. The maximum atomic E-state index is 13.8. The molecule has 3 aromatic carbocycles. The van der Waals surface area contributed by atoms with Gasteiger partial charge in [-0.05, 0) is 23.9 Å². The summed E-state index contributed by atoms with van der Waals surface area (Å²) in [5.74, 6) is -0.586. The van der Waals surface area contributed by atoms with Crippen LogP contribution in [0.2, 0.25) is 0 Å². The van der Waals surface area contributed by atoms with Crippen LogP contribution in [0.3, 0.4) is 0 Å². The molecule has 4 heteroatoms. The molecular weight excluding hydrogens is 398 g/mol. The molecule has 0 aliphatic rings. The van der Waals surface area contributed by atoms with Crippen LogP contribution in [0.15, 0.2) is 97.2 Å². The van der Waals surface area contributed by atoms with Crippen LogP contribution in [-0.4, -0.2) is 22.8 Å². The average molecular weight is 419 g/mol. The van der Waals surface area contributed by atoms with Crippen LogP contribution >= 0.6 is 0 Å². The number of aromatic nitrogens is 1. The second-order valence-electron chi connectivity index (χ2n) is 7.50. The predicted octanol–water partition coefficient (Wildman–Crippen LogP) is 6.17. The van der Waals surface area contributed by atoms with Crippen molar-refractivity contribution in [2.24, 2.45) is 0 Å². The van der Waals surface area contributed by atoms with Crippen molar-refractivity contribution >= 4 is 28.0 Å². The van der Waals surface area contributed by atoms with Crippen LogP contribution in [0.4, 0.5) is 0 Å². The van der Waals surface area contributed by atoms with Crippen molar-refractivity contribution in [2.45, 2.75) is 6.92 Å². The molecule has 0 aliphatic heterocycles. The lowest BCUT2D eigenvalue weighted by Crippen LogP contribution is -2.08. The Morgan fingerprint density at radius 3 is 2.19 bits per heavy atom. The third-order valence-corrected chi connectivity index (χ3v) is 5.62. The number of esters is 1. The summed E-state index contributed by atoms with van der Waals surface area (Å²) in [6.07, 6.45) is 1.86. The molecule has 0 N–H and O–H groups in total. The Bertz CT molecular complexity index is 1450. The summed E-state index contributed by atoms with van der Waals surface area (Å²) < 4.78 is 7.32. The van der Waals surface area contributed by atoms with E-state index in [1.165, 1.54) is 0 Å². The van der Waals surface area contributed by atoms with E-state index in [4.69, 9.17) is 4.74 Å². The van der Waals surface area contributed by atoms with E-state index in [0.717, 1.165) is 16.3 Å². The van der Waals surface area contributed by atoms with Gasteiger partial charge in [0.25, 0.3) is 0 Å². The highest BCUT2D eigenvalue weighted by Crippen LogP contribution is 2.38. The van der Waals surface area contributed by atoms with Crippen molar-refractivity contribution in [2.75, 3.05) is 6.61 Å². The Morgan fingerprint density at radius 2 is 1.47 bits per heavy atom. The number of hydrogen-bond acceptors (Lipinski definition) is 3. The number of carbonyl (C=O) groups is 2. The fourth-order valence-electron chi connectivity index (χ4n) is 4.25. The number of fused-ring (bicyclic) bond motifs is 3. The topological polar surface area (TPSA) is 47.8 Å². The van der Waals surface area contributed by atoms with Crippen molar-refractivity contribution in [3.8, 4) is 11.1 Å². The molecule has 0 aliphatic carbocycles. The zero-order valence-electron chi connectivity index (χ0n) is 17.6. The van der Waals surface area contributed by atoms with E-state index in [2.05, 4.69) is 0 Å². The lowest BCUT2D eigenvalue weighted by molar-refractivity contribution is 0.0529. The van der Waals surface area contributed by atoms with Gasteiger partial charge < -0.3 is 9.14 Å². The van der Waals surface area contributed by atoms with Gasteiger partial charge in [-0.15, -0.1) is 0 Å². The highest BCUT2D eigenvalue weighted by Gasteiger charge is 2.30. The molecule has 0 atom stereocenters. The van der Waals surface area contributed by atoms with Crippen LogP contribution in [0.1, 0.15) is 33.3 Å². The maximum absolute atomic E-state index is 13.8. The molecule has 0 fully saturated rings.